The van der Waals surface area contributed by atoms with E-state index < -0.39 is 0 Å². The van der Waals surface area contributed by atoms with Gasteiger partial charge in [-0.2, -0.15) is 0 Å². The zero-order valence-electron chi connectivity index (χ0n) is 11.1. The van der Waals surface area contributed by atoms with E-state index in [0.717, 1.165) is 29.0 Å². The van der Waals surface area contributed by atoms with E-state index in [1.807, 2.05) is 25.2 Å². The fourth-order valence-electron chi connectivity index (χ4n) is 2.34. The van der Waals surface area contributed by atoms with Crippen LogP contribution in [0.25, 0.3) is 11.0 Å². The summed E-state index contributed by atoms with van der Waals surface area (Å²) >= 11 is 0. The number of fused-ring (bicyclic) bond motifs is 1. The highest BCUT2D eigenvalue weighted by Gasteiger charge is 2.11. The van der Waals surface area contributed by atoms with Crippen molar-refractivity contribution >= 4 is 11.0 Å². The number of ether oxygens (including phenoxy) is 1. The van der Waals surface area contributed by atoms with Crippen molar-refractivity contribution in [3.8, 4) is 5.75 Å². The van der Waals surface area contributed by atoms with Gasteiger partial charge in [-0.3, -0.25) is 0 Å². The van der Waals surface area contributed by atoms with Gasteiger partial charge in [0, 0.05) is 13.5 Å². The summed E-state index contributed by atoms with van der Waals surface area (Å²) in [6.07, 6.45) is 0.829. The van der Waals surface area contributed by atoms with Gasteiger partial charge in [-0.25, -0.2) is 4.98 Å². The fraction of sp³-hybridized carbons (Fsp3) is 0.188. The van der Waals surface area contributed by atoms with E-state index in [-0.39, 0.29) is 0 Å². The second-order valence-electron chi connectivity index (χ2n) is 4.58. The fourth-order valence-corrected chi connectivity index (χ4v) is 2.34. The summed E-state index contributed by atoms with van der Waals surface area (Å²) in [5.74, 6) is 1.87. The van der Waals surface area contributed by atoms with E-state index in [0.29, 0.717) is 0 Å². The molecule has 1 aromatic heterocycles. The molecule has 3 aromatic rings. The second kappa shape index (κ2) is 4.76. The molecule has 3 heteroatoms. The zero-order valence-corrected chi connectivity index (χ0v) is 11.1. The lowest BCUT2D eigenvalue weighted by Gasteiger charge is -2.02. The van der Waals surface area contributed by atoms with Crippen molar-refractivity contribution in [2.75, 3.05) is 7.11 Å². The third kappa shape index (κ3) is 2.08. The highest BCUT2D eigenvalue weighted by atomic mass is 16.5. The Hall–Kier alpha value is -2.29. The number of benzene rings is 2. The number of methoxy groups -OCH3 is 1. The number of hydrogen-bond acceptors (Lipinski definition) is 2. The van der Waals surface area contributed by atoms with Gasteiger partial charge >= 0.3 is 0 Å². The zero-order chi connectivity index (χ0) is 13.2. The molecule has 96 valence electrons. The predicted octanol–water partition coefficient (Wildman–Crippen LogP) is 3.17. The second-order valence-corrected chi connectivity index (χ2v) is 4.58. The average Bonchev–Trinajstić information content (AvgIpc) is 2.77. The highest BCUT2D eigenvalue weighted by molar-refractivity contribution is 5.82. The third-order valence-electron chi connectivity index (χ3n) is 3.39. The van der Waals surface area contributed by atoms with Crippen molar-refractivity contribution in [2.24, 2.45) is 7.05 Å². The van der Waals surface area contributed by atoms with E-state index in [4.69, 9.17) is 9.72 Å². The van der Waals surface area contributed by atoms with Crippen LogP contribution in [0.3, 0.4) is 0 Å². The predicted molar refractivity (Wildman–Crippen MR) is 76.5 cm³/mol. The third-order valence-corrected chi connectivity index (χ3v) is 3.39. The van der Waals surface area contributed by atoms with Crippen LogP contribution in [0, 0.1) is 0 Å². The Bertz CT molecular complexity index is 701. The van der Waals surface area contributed by atoms with E-state index in [2.05, 4.69) is 34.9 Å². The Morgan fingerprint density at radius 3 is 2.58 bits per heavy atom. The van der Waals surface area contributed by atoms with Crippen LogP contribution in [0.15, 0.2) is 48.5 Å². The summed E-state index contributed by atoms with van der Waals surface area (Å²) in [4.78, 5) is 4.72. The summed E-state index contributed by atoms with van der Waals surface area (Å²) < 4.78 is 7.50. The SMILES string of the molecule is COc1cccc2c1nc(Cc1ccccc1)n2C. The first-order valence-corrected chi connectivity index (χ1v) is 6.32. The molecule has 19 heavy (non-hydrogen) atoms. The lowest BCUT2D eigenvalue weighted by Crippen LogP contribution is -1.98. The van der Waals surface area contributed by atoms with Crippen LogP contribution in [-0.2, 0) is 13.5 Å². The molecule has 0 fully saturated rings. The Morgan fingerprint density at radius 1 is 1.05 bits per heavy atom. The van der Waals surface area contributed by atoms with Crippen LogP contribution in [0.1, 0.15) is 11.4 Å². The van der Waals surface area contributed by atoms with Gasteiger partial charge < -0.3 is 9.30 Å². The summed E-state index contributed by atoms with van der Waals surface area (Å²) in [5.41, 5.74) is 3.29. The molecule has 0 aliphatic carbocycles. The minimum atomic E-state index is 0.826. The van der Waals surface area contributed by atoms with Crippen molar-refractivity contribution in [3.63, 3.8) is 0 Å². The Kier molecular flexibility index (Phi) is 2.95. The molecule has 2 aromatic carbocycles. The summed E-state index contributed by atoms with van der Waals surface area (Å²) in [6, 6.07) is 16.4. The largest absolute Gasteiger partial charge is 0.494 e. The van der Waals surface area contributed by atoms with Gasteiger partial charge in [0.15, 0.2) is 0 Å². The number of rotatable bonds is 3. The van der Waals surface area contributed by atoms with Crippen molar-refractivity contribution in [1.29, 1.82) is 0 Å². The normalized spacial score (nSPS) is 10.8. The van der Waals surface area contributed by atoms with Crippen LogP contribution < -0.4 is 4.74 Å². The molecule has 0 amide bonds. The van der Waals surface area contributed by atoms with Crippen LogP contribution in [-0.4, -0.2) is 16.7 Å². The number of para-hydroxylation sites is 1. The Labute approximate surface area is 112 Å². The molecule has 0 spiro atoms. The lowest BCUT2D eigenvalue weighted by atomic mass is 10.1. The number of aromatic nitrogens is 2. The standard InChI is InChI=1S/C16H16N2O/c1-18-13-9-6-10-14(19-2)16(13)17-15(18)11-12-7-4-3-5-8-12/h3-10H,11H2,1-2H3. The van der Waals surface area contributed by atoms with E-state index in [1.54, 1.807) is 7.11 Å². The molecule has 0 unspecified atom stereocenters. The van der Waals surface area contributed by atoms with Crippen molar-refractivity contribution in [2.45, 2.75) is 6.42 Å². The quantitative estimate of drug-likeness (QED) is 0.716. The highest BCUT2D eigenvalue weighted by Crippen LogP contribution is 2.25. The molecule has 0 aliphatic heterocycles. The minimum absolute atomic E-state index is 0.826. The smallest absolute Gasteiger partial charge is 0.146 e. The van der Waals surface area contributed by atoms with Gasteiger partial charge in [0.2, 0.25) is 0 Å². The lowest BCUT2D eigenvalue weighted by molar-refractivity contribution is 0.419. The van der Waals surface area contributed by atoms with Crippen LogP contribution in [0.4, 0.5) is 0 Å². The first-order chi connectivity index (χ1) is 9.29. The number of nitrogens with zero attached hydrogens (tertiary/aromatic N) is 2. The molecule has 0 saturated carbocycles. The molecular weight excluding hydrogens is 236 g/mol. The minimum Gasteiger partial charge on any atom is -0.494 e. The molecule has 3 rings (SSSR count). The number of aryl methyl sites for hydroxylation is 1. The van der Waals surface area contributed by atoms with Gasteiger partial charge in [-0.1, -0.05) is 36.4 Å². The van der Waals surface area contributed by atoms with Gasteiger partial charge in [0.25, 0.3) is 0 Å². The summed E-state index contributed by atoms with van der Waals surface area (Å²) in [6.45, 7) is 0. The molecular formula is C16H16N2O. The van der Waals surface area contributed by atoms with E-state index in [9.17, 15) is 0 Å². The van der Waals surface area contributed by atoms with E-state index >= 15 is 0 Å². The molecule has 0 radical (unpaired) electrons. The van der Waals surface area contributed by atoms with Gasteiger partial charge in [0.05, 0.1) is 12.6 Å². The maximum atomic E-state index is 5.37. The molecule has 3 nitrogen and oxygen atoms in total. The molecule has 0 N–H and O–H groups in total. The van der Waals surface area contributed by atoms with Gasteiger partial charge in [-0.05, 0) is 17.7 Å². The number of imidazole rings is 1. The van der Waals surface area contributed by atoms with Crippen LogP contribution in [0.2, 0.25) is 0 Å². The Balaban J connectivity index is 2.08. The van der Waals surface area contributed by atoms with Crippen molar-refractivity contribution in [3.05, 3.63) is 59.9 Å². The van der Waals surface area contributed by atoms with Crippen LogP contribution >= 0.6 is 0 Å². The monoisotopic (exact) mass is 252 g/mol. The first kappa shape index (κ1) is 11.8. The Morgan fingerprint density at radius 2 is 1.84 bits per heavy atom. The maximum Gasteiger partial charge on any atom is 0.146 e. The molecule has 1 heterocycles. The van der Waals surface area contributed by atoms with E-state index in [1.165, 1.54) is 5.56 Å². The summed E-state index contributed by atoms with van der Waals surface area (Å²) in [5, 5.41) is 0. The number of hydrogen-bond donors (Lipinski definition) is 0. The summed E-state index contributed by atoms with van der Waals surface area (Å²) in [7, 11) is 3.73. The molecule has 0 atom stereocenters. The first-order valence-electron chi connectivity index (χ1n) is 6.32. The molecule has 0 bridgehead atoms. The van der Waals surface area contributed by atoms with Gasteiger partial charge in [0.1, 0.15) is 17.1 Å². The van der Waals surface area contributed by atoms with Crippen LogP contribution in [0.5, 0.6) is 5.75 Å². The average molecular weight is 252 g/mol. The molecule has 0 saturated heterocycles. The van der Waals surface area contributed by atoms with Gasteiger partial charge in [-0.15, -0.1) is 0 Å². The van der Waals surface area contributed by atoms with Crippen molar-refractivity contribution < 1.29 is 4.74 Å². The van der Waals surface area contributed by atoms with Crippen molar-refractivity contribution in [1.82, 2.24) is 9.55 Å². The molecule has 0 aliphatic rings. The maximum absolute atomic E-state index is 5.37. The topological polar surface area (TPSA) is 27.1 Å².